The van der Waals surface area contributed by atoms with Gasteiger partial charge in [0.15, 0.2) is 9.84 Å². The molecule has 0 spiro atoms. The predicted octanol–water partition coefficient (Wildman–Crippen LogP) is 2.37. The second-order valence-electron chi connectivity index (χ2n) is 9.32. The first-order valence-electron chi connectivity index (χ1n) is 11.7. The topological polar surface area (TPSA) is 97.7 Å². The summed E-state index contributed by atoms with van der Waals surface area (Å²) in [5.41, 5.74) is 2.31. The number of sulfone groups is 1. The van der Waals surface area contributed by atoms with E-state index in [9.17, 15) is 22.4 Å². The molecule has 2 atom stereocenters. The largest absolute Gasteiger partial charge is 0.466 e. The highest BCUT2D eigenvalue weighted by Gasteiger charge is 2.47. The van der Waals surface area contributed by atoms with E-state index in [0.717, 1.165) is 18.4 Å². The molecule has 194 valence electrons. The van der Waals surface area contributed by atoms with Crippen LogP contribution in [0, 0.1) is 17.6 Å². The molecule has 1 aliphatic carbocycles. The molecule has 0 saturated heterocycles. The number of hydrogen-bond donors (Lipinski definition) is 1. The summed E-state index contributed by atoms with van der Waals surface area (Å²) in [7, 11) is -1.91. The lowest BCUT2D eigenvalue weighted by molar-refractivity contribution is -0.148. The molecule has 1 aromatic carbocycles. The summed E-state index contributed by atoms with van der Waals surface area (Å²) >= 11 is 0. The van der Waals surface area contributed by atoms with E-state index in [1.54, 1.807) is 38.5 Å². The van der Waals surface area contributed by atoms with Crippen LogP contribution in [0.4, 0.5) is 14.5 Å². The van der Waals surface area contributed by atoms with Crippen LogP contribution in [0.5, 0.6) is 0 Å². The van der Waals surface area contributed by atoms with Crippen molar-refractivity contribution in [1.82, 2.24) is 9.88 Å². The van der Waals surface area contributed by atoms with E-state index in [1.807, 2.05) is 0 Å². The van der Waals surface area contributed by atoms with E-state index in [2.05, 4.69) is 5.32 Å². The minimum Gasteiger partial charge on any atom is -0.466 e. The molecule has 2 aromatic rings. The smallest absolute Gasteiger partial charge is 0.313 e. The Kier molecular flexibility index (Phi) is 6.06. The zero-order chi connectivity index (χ0) is 26.6. The summed E-state index contributed by atoms with van der Waals surface area (Å²) in [6.07, 6.45) is 5.94. The number of carbonyl (C=O) groups excluding carboxylic acids is 1. The Bertz CT molecular complexity index is 1590. The maximum absolute atomic E-state index is 15.0. The van der Waals surface area contributed by atoms with E-state index >= 15 is 4.39 Å². The van der Waals surface area contributed by atoms with Gasteiger partial charge in [0.1, 0.15) is 11.6 Å². The van der Waals surface area contributed by atoms with Crippen LogP contribution >= 0.6 is 0 Å². The van der Waals surface area contributed by atoms with Gasteiger partial charge in [-0.05, 0) is 47.9 Å². The van der Waals surface area contributed by atoms with E-state index in [0.29, 0.717) is 28.0 Å². The lowest BCUT2D eigenvalue weighted by Crippen LogP contribution is -2.49. The average molecular weight is 530 g/mol. The summed E-state index contributed by atoms with van der Waals surface area (Å²) < 4.78 is 60.1. The number of aryl methyl sites for hydroxylation is 1. The summed E-state index contributed by atoms with van der Waals surface area (Å²) in [4.78, 5) is 28.0. The lowest BCUT2D eigenvalue weighted by atomic mass is 9.84. The standard InChI is InChI=1S/C26H25F2N3O5S/c1-4-36-26(33)18-11-29-23-21-14(12-31(24(18)21)20-6-5-16(27)10-19(20)28)9-15(13-37(3,34)35)17-7-8-30(2)25(32)22(17)23/h5-10,12,18,24,29H,4,11,13H2,1-3H3. The Hall–Kier alpha value is -3.73. The summed E-state index contributed by atoms with van der Waals surface area (Å²) in [6, 6.07) is 4.07. The minimum atomic E-state index is -3.50. The van der Waals surface area contributed by atoms with Gasteiger partial charge < -0.3 is 19.5 Å². The molecule has 5 rings (SSSR count). The molecule has 3 aliphatic rings. The zero-order valence-corrected chi connectivity index (χ0v) is 21.2. The first-order valence-corrected chi connectivity index (χ1v) is 13.7. The number of aromatic nitrogens is 1. The van der Waals surface area contributed by atoms with Crippen molar-refractivity contribution in [2.75, 3.05) is 30.1 Å². The van der Waals surface area contributed by atoms with Crippen LogP contribution in [0.15, 0.2) is 58.7 Å². The number of rotatable bonds is 5. The number of pyridine rings is 1. The number of nitrogens with one attached hydrogen (secondary N) is 1. The van der Waals surface area contributed by atoms with Crippen LogP contribution in [-0.2, 0) is 26.4 Å². The molecule has 37 heavy (non-hydrogen) atoms. The fraction of sp³-hybridized carbons (Fsp3) is 0.308. The predicted molar refractivity (Wildman–Crippen MR) is 135 cm³/mol. The molecule has 11 heteroatoms. The van der Waals surface area contributed by atoms with Crippen molar-refractivity contribution in [3.8, 4) is 0 Å². The normalized spacial score (nSPS) is 20.4. The number of ether oxygens (including phenoxy) is 1. The highest BCUT2D eigenvalue weighted by molar-refractivity contribution is 7.91. The third-order valence-electron chi connectivity index (χ3n) is 6.72. The van der Waals surface area contributed by atoms with Crippen molar-refractivity contribution < 1.29 is 26.7 Å². The van der Waals surface area contributed by atoms with Gasteiger partial charge in [-0.3, -0.25) is 9.59 Å². The van der Waals surface area contributed by atoms with Crippen LogP contribution in [0.1, 0.15) is 18.1 Å². The molecule has 1 N–H and O–H groups in total. The quantitative estimate of drug-likeness (QED) is 0.594. The Balaban J connectivity index is 1.81. The molecule has 8 nitrogen and oxygen atoms in total. The molecule has 2 unspecified atom stereocenters. The van der Waals surface area contributed by atoms with Gasteiger partial charge >= 0.3 is 5.97 Å². The molecule has 0 bridgehead atoms. The van der Waals surface area contributed by atoms with Crippen molar-refractivity contribution >= 4 is 32.8 Å². The second kappa shape index (κ2) is 8.98. The maximum atomic E-state index is 15.0. The Morgan fingerprint density at radius 2 is 2.00 bits per heavy atom. The Morgan fingerprint density at radius 1 is 1.24 bits per heavy atom. The fourth-order valence-electron chi connectivity index (χ4n) is 5.23. The van der Waals surface area contributed by atoms with Crippen LogP contribution < -0.4 is 15.8 Å². The summed E-state index contributed by atoms with van der Waals surface area (Å²) in [5, 5.41) is 3.22. The van der Waals surface area contributed by atoms with Gasteiger partial charge in [-0.25, -0.2) is 17.2 Å². The second-order valence-corrected chi connectivity index (χ2v) is 11.5. The van der Waals surface area contributed by atoms with Gasteiger partial charge in [-0.1, -0.05) is 0 Å². The van der Waals surface area contributed by atoms with Crippen molar-refractivity contribution in [1.29, 1.82) is 0 Å². The van der Waals surface area contributed by atoms with Crippen LogP contribution in [0.2, 0.25) is 0 Å². The van der Waals surface area contributed by atoms with Gasteiger partial charge in [0.05, 0.1) is 41.3 Å². The lowest BCUT2D eigenvalue weighted by Gasteiger charge is -2.37. The number of carbonyl (C=O) groups is 1. The van der Waals surface area contributed by atoms with E-state index in [-0.39, 0.29) is 35.7 Å². The fourth-order valence-corrected chi connectivity index (χ4v) is 6.03. The third-order valence-corrected chi connectivity index (χ3v) is 7.56. The molecular formula is C26H25F2N3O5S. The van der Waals surface area contributed by atoms with Gasteiger partial charge in [0, 0.05) is 43.9 Å². The molecule has 0 radical (unpaired) electrons. The van der Waals surface area contributed by atoms with E-state index in [4.69, 9.17) is 4.74 Å². The number of fused-ring (bicyclic) bond motifs is 2. The number of esters is 1. The molecule has 3 heterocycles. The number of nitrogens with zero attached hydrogens (tertiary/aromatic N) is 2. The molecular weight excluding hydrogens is 504 g/mol. The molecule has 2 aliphatic heterocycles. The van der Waals surface area contributed by atoms with Gasteiger partial charge in [-0.15, -0.1) is 0 Å². The van der Waals surface area contributed by atoms with Crippen LogP contribution in [0.3, 0.4) is 0 Å². The van der Waals surface area contributed by atoms with Crippen molar-refractivity contribution in [3.63, 3.8) is 0 Å². The first kappa shape index (κ1) is 24.9. The van der Waals surface area contributed by atoms with Crippen molar-refractivity contribution in [3.05, 3.63) is 87.0 Å². The first-order chi connectivity index (χ1) is 17.5. The maximum Gasteiger partial charge on any atom is 0.313 e. The molecule has 0 saturated carbocycles. The number of allylic oxidation sites excluding steroid dienone is 1. The Labute approximate surface area is 212 Å². The van der Waals surface area contributed by atoms with Crippen molar-refractivity contribution in [2.45, 2.75) is 13.0 Å². The van der Waals surface area contributed by atoms with Gasteiger partial charge in [0.2, 0.25) is 0 Å². The highest BCUT2D eigenvalue weighted by Crippen LogP contribution is 2.46. The number of hydrogen-bond acceptors (Lipinski definition) is 7. The highest BCUT2D eigenvalue weighted by atomic mass is 32.2. The van der Waals surface area contributed by atoms with E-state index in [1.165, 1.54) is 15.5 Å². The summed E-state index contributed by atoms with van der Waals surface area (Å²) in [6.45, 7) is 1.91. The summed E-state index contributed by atoms with van der Waals surface area (Å²) in [5.74, 6) is -3.21. The number of halogens is 2. The van der Waals surface area contributed by atoms with Crippen LogP contribution in [0.25, 0.3) is 11.3 Å². The van der Waals surface area contributed by atoms with Gasteiger partial charge in [-0.2, -0.15) is 0 Å². The zero-order valence-electron chi connectivity index (χ0n) is 20.4. The van der Waals surface area contributed by atoms with Crippen molar-refractivity contribution in [2.24, 2.45) is 13.0 Å². The van der Waals surface area contributed by atoms with Gasteiger partial charge in [0.25, 0.3) is 5.56 Å². The van der Waals surface area contributed by atoms with Crippen LogP contribution in [-0.4, -0.2) is 50.2 Å². The monoisotopic (exact) mass is 529 g/mol. The number of anilines is 1. The number of benzene rings is 1. The SMILES string of the molecule is CCOC(=O)C1CNC2=C3C(=CN(c4ccc(F)cc4F)C31)C=C(CS(C)(=O)=O)c1ccn(C)c(=O)c12. The molecule has 1 aromatic heterocycles. The van der Waals surface area contributed by atoms with E-state index < -0.39 is 39.4 Å². The minimum absolute atomic E-state index is 0.0364. The average Bonchev–Trinajstić information content (AvgIpc) is 3.12. The molecule has 0 amide bonds. The Morgan fingerprint density at radius 3 is 2.68 bits per heavy atom. The molecule has 0 fully saturated rings. The third kappa shape index (κ3) is 4.26.